The molecule has 6 nitrogen and oxygen atoms in total. The van der Waals surface area contributed by atoms with E-state index in [1.165, 1.54) is 0 Å². The number of carbonyl (C=O) groups excluding carboxylic acids is 1. The molecule has 0 aliphatic heterocycles. The third-order valence-corrected chi connectivity index (χ3v) is 2.75. The fourth-order valence-electron chi connectivity index (χ4n) is 1.74. The summed E-state index contributed by atoms with van der Waals surface area (Å²) in [6.45, 7) is 2.00. The molecule has 0 radical (unpaired) electrons. The van der Waals surface area contributed by atoms with E-state index in [1.807, 2.05) is 37.3 Å². The molecule has 0 bridgehead atoms. The van der Waals surface area contributed by atoms with E-state index < -0.39 is 12.1 Å². The quantitative estimate of drug-likeness (QED) is 0.592. The fourth-order valence-corrected chi connectivity index (χ4v) is 1.74. The number of aliphatic carboxylic acids is 1. The van der Waals surface area contributed by atoms with Crippen molar-refractivity contribution in [3.8, 4) is 0 Å². The van der Waals surface area contributed by atoms with Gasteiger partial charge in [-0.3, -0.25) is 0 Å². The van der Waals surface area contributed by atoms with Crippen LogP contribution in [-0.2, 0) is 11.2 Å². The van der Waals surface area contributed by atoms with Crippen molar-refractivity contribution in [3.05, 3.63) is 35.9 Å². The molecule has 0 saturated carbocycles. The lowest BCUT2D eigenvalue weighted by Gasteiger charge is -2.15. The molecule has 0 saturated heterocycles. The molecule has 0 fully saturated rings. The highest BCUT2D eigenvalue weighted by Gasteiger charge is 2.13. The van der Waals surface area contributed by atoms with Gasteiger partial charge in [-0.15, -0.1) is 0 Å². The molecule has 1 aromatic carbocycles. The largest absolute Gasteiger partial charge is 0.479 e. The zero-order valence-electron chi connectivity index (χ0n) is 11.4. The predicted molar refractivity (Wildman–Crippen MR) is 74.4 cm³/mol. The van der Waals surface area contributed by atoms with Crippen LogP contribution in [0, 0.1) is 0 Å². The van der Waals surface area contributed by atoms with E-state index in [2.05, 4.69) is 10.6 Å². The van der Waals surface area contributed by atoms with Gasteiger partial charge in [-0.1, -0.05) is 30.3 Å². The molecule has 110 valence electrons. The van der Waals surface area contributed by atoms with Crippen LogP contribution in [0.5, 0.6) is 0 Å². The summed E-state index contributed by atoms with van der Waals surface area (Å²) in [5.41, 5.74) is 1.13. The van der Waals surface area contributed by atoms with Crippen LogP contribution in [0.4, 0.5) is 4.79 Å². The molecule has 1 aromatic rings. The number of carboxylic acids is 1. The second-order valence-corrected chi connectivity index (χ2v) is 4.63. The van der Waals surface area contributed by atoms with Gasteiger partial charge in [0, 0.05) is 19.0 Å². The molecule has 0 aromatic heterocycles. The zero-order chi connectivity index (χ0) is 15.0. The van der Waals surface area contributed by atoms with Crippen LogP contribution < -0.4 is 10.6 Å². The van der Waals surface area contributed by atoms with Crippen molar-refractivity contribution in [3.63, 3.8) is 0 Å². The first kappa shape index (κ1) is 16.0. The molecule has 6 heteroatoms. The smallest absolute Gasteiger partial charge is 0.332 e. The minimum atomic E-state index is -1.45. The van der Waals surface area contributed by atoms with Gasteiger partial charge in [-0.05, 0) is 18.9 Å². The van der Waals surface area contributed by atoms with E-state index in [4.69, 9.17) is 10.2 Å². The third kappa shape index (κ3) is 6.19. The van der Waals surface area contributed by atoms with Crippen LogP contribution in [0.2, 0.25) is 0 Å². The van der Waals surface area contributed by atoms with Gasteiger partial charge >= 0.3 is 12.0 Å². The Kier molecular flexibility index (Phi) is 6.52. The molecule has 2 atom stereocenters. The van der Waals surface area contributed by atoms with E-state index in [9.17, 15) is 9.59 Å². The second-order valence-electron chi connectivity index (χ2n) is 4.63. The van der Waals surface area contributed by atoms with Gasteiger partial charge in [0.05, 0.1) is 0 Å². The first-order valence-electron chi connectivity index (χ1n) is 6.48. The molecule has 4 N–H and O–H groups in total. The van der Waals surface area contributed by atoms with Crippen molar-refractivity contribution in [1.82, 2.24) is 10.6 Å². The zero-order valence-corrected chi connectivity index (χ0v) is 11.4. The minimum absolute atomic E-state index is 0.0180. The summed E-state index contributed by atoms with van der Waals surface area (Å²) in [6.07, 6.45) is -0.751. The fraction of sp³-hybridized carbons (Fsp3) is 0.429. The van der Waals surface area contributed by atoms with Crippen LogP contribution in [-0.4, -0.2) is 40.9 Å². The highest BCUT2D eigenvalue weighted by Crippen LogP contribution is 2.02. The molecule has 0 aliphatic carbocycles. The van der Waals surface area contributed by atoms with Crippen molar-refractivity contribution >= 4 is 12.0 Å². The Balaban J connectivity index is 2.23. The summed E-state index contributed by atoms with van der Waals surface area (Å²) in [5, 5.41) is 22.8. The number of aliphatic hydroxyl groups excluding tert-OH is 1. The molecule has 2 amide bonds. The van der Waals surface area contributed by atoms with Crippen LogP contribution in [0.15, 0.2) is 30.3 Å². The van der Waals surface area contributed by atoms with Crippen molar-refractivity contribution < 1.29 is 19.8 Å². The SMILES string of the molecule is CC(Cc1ccccc1)NC(=O)NCCC(O)C(=O)O. The van der Waals surface area contributed by atoms with Gasteiger partial charge < -0.3 is 20.8 Å². The number of hydrogen-bond acceptors (Lipinski definition) is 3. The van der Waals surface area contributed by atoms with E-state index >= 15 is 0 Å². The second kappa shape index (κ2) is 8.16. The molecule has 20 heavy (non-hydrogen) atoms. The number of carboxylic acid groups (broad SMARTS) is 1. The topological polar surface area (TPSA) is 98.7 Å². The normalized spacial score (nSPS) is 13.3. The van der Waals surface area contributed by atoms with Crippen molar-refractivity contribution in [2.24, 2.45) is 0 Å². The molecule has 0 spiro atoms. The van der Waals surface area contributed by atoms with E-state index in [-0.39, 0.29) is 25.0 Å². The Labute approximate surface area is 117 Å². The number of urea groups is 1. The number of hydrogen-bond donors (Lipinski definition) is 4. The number of amides is 2. The van der Waals surface area contributed by atoms with Gasteiger partial charge in [0.2, 0.25) is 0 Å². The van der Waals surface area contributed by atoms with Crippen LogP contribution >= 0.6 is 0 Å². The van der Waals surface area contributed by atoms with Gasteiger partial charge in [0.25, 0.3) is 0 Å². The maximum atomic E-state index is 11.5. The lowest BCUT2D eigenvalue weighted by molar-refractivity contribution is -0.146. The number of aliphatic hydroxyl groups is 1. The maximum Gasteiger partial charge on any atom is 0.332 e. The van der Waals surface area contributed by atoms with Crippen molar-refractivity contribution in [1.29, 1.82) is 0 Å². The van der Waals surface area contributed by atoms with E-state index in [0.29, 0.717) is 6.42 Å². The summed E-state index contributed by atoms with van der Waals surface area (Å²) in [6, 6.07) is 9.37. The Bertz CT molecular complexity index is 436. The average Bonchev–Trinajstić information content (AvgIpc) is 2.39. The Hall–Kier alpha value is -2.08. The molecular weight excluding hydrogens is 260 g/mol. The van der Waals surface area contributed by atoms with Crippen molar-refractivity contribution in [2.75, 3.05) is 6.54 Å². The summed E-state index contributed by atoms with van der Waals surface area (Å²) in [5.74, 6) is -1.29. The molecule has 0 heterocycles. The van der Waals surface area contributed by atoms with Gasteiger partial charge in [-0.2, -0.15) is 0 Å². The summed E-state index contributed by atoms with van der Waals surface area (Å²) in [4.78, 5) is 21.9. The maximum absolute atomic E-state index is 11.5. The molecule has 2 unspecified atom stereocenters. The Morgan fingerprint density at radius 2 is 1.90 bits per heavy atom. The summed E-state index contributed by atoms with van der Waals surface area (Å²) in [7, 11) is 0. The average molecular weight is 280 g/mol. The van der Waals surface area contributed by atoms with Gasteiger partial charge in [-0.25, -0.2) is 9.59 Å². The Morgan fingerprint density at radius 3 is 2.50 bits per heavy atom. The van der Waals surface area contributed by atoms with Crippen LogP contribution in [0.3, 0.4) is 0 Å². The predicted octanol–water partition coefficient (Wildman–Crippen LogP) is 0.752. The molecule has 0 aliphatic rings. The molecule has 1 rings (SSSR count). The van der Waals surface area contributed by atoms with E-state index in [0.717, 1.165) is 5.56 Å². The summed E-state index contributed by atoms with van der Waals surface area (Å²) < 4.78 is 0. The number of benzene rings is 1. The number of rotatable bonds is 7. The van der Waals surface area contributed by atoms with Crippen LogP contribution in [0.1, 0.15) is 18.9 Å². The highest BCUT2D eigenvalue weighted by molar-refractivity contribution is 5.74. The minimum Gasteiger partial charge on any atom is -0.479 e. The standard InChI is InChI=1S/C14H20N2O4/c1-10(9-11-5-3-2-4-6-11)16-14(20)15-8-7-12(17)13(18)19/h2-6,10,12,17H,7-9H2,1H3,(H,18,19)(H2,15,16,20). The van der Waals surface area contributed by atoms with Gasteiger partial charge in [0.1, 0.15) is 0 Å². The van der Waals surface area contributed by atoms with E-state index in [1.54, 1.807) is 0 Å². The lowest BCUT2D eigenvalue weighted by Crippen LogP contribution is -2.42. The van der Waals surface area contributed by atoms with Crippen LogP contribution in [0.25, 0.3) is 0 Å². The lowest BCUT2D eigenvalue weighted by atomic mass is 10.1. The summed E-state index contributed by atoms with van der Waals surface area (Å²) >= 11 is 0. The number of carbonyl (C=O) groups is 2. The highest BCUT2D eigenvalue weighted by atomic mass is 16.4. The van der Waals surface area contributed by atoms with Gasteiger partial charge in [0.15, 0.2) is 6.10 Å². The monoisotopic (exact) mass is 280 g/mol. The number of nitrogens with one attached hydrogen (secondary N) is 2. The first-order chi connectivity index (χ1) is 9.49. The first-order valence-corrected chi connectivity index (χ1v) is 6.48. The molecular formula is C14H20N2O4. The Morgan fingerprint density at radius 1 is 1.25 bits per heavy atom. The van der Waals surface area contributed by atoms with Crippen molar-refractivity contribution in [2.45, 2.75) is 31.9 Å². The third-order valence-electron chi connectivity index (χ3n) is 2.75.